The van der Waals surface area contributed by atoms with E-state index in [1.807, 2.05) is 24.3 Å². The van der Waals surface area contributed by atoms with Gasteiger partial charge < -0.3 is 10.2 Å². The lowest BCUT2D eigenvalue weighted by molar-refractivity contribution is -0.384. The predicted octanol–water partition coefficient (Wildman–Crippen LogP) is 3.48. The number of benzene rings is 2. The van der Waals surface area contributed by atoms with E-state index in [0.29, 0.717) is 13.0 Å². The monoisotopic (exact) mass is 379 g/mol. The van der Waals surface area contributed by atoms with Crippen LogP contribution in [0, 0.1) is 16.0 Å². The largest absolute Gasteiger partial charge is 0.368 e. The van der Waals surface area contributed by atoms with E-state index in [1.54, 1.807) is 12.1 Å². The van der Waals surface area contributed by atoms with Crippen LogP contribution in [0.25, 0.3) is 0 Å². The van der Waals surface area contributed by atoms with Crippen LogP contribution in [0.1, 0.15) is 30.4 Å². The SMILES string of the molecule is O=C(NCCc1ccccc1)[C@H]1Cc2cc([N+](=O)[O-])ccc2N2CCCC[C@H]12. The van der Waals surface area contributed by atoms with Crippen LogP contribution in [0.15, 0.2) is 48.5 Å². The van der Waals surface area contributed by atoms with Crippen LogP contribution in [-0.4, -0.2) is 30.0 Å². The highest BCUT2D eigenvalue weighted by molar-refractivity contribution is 5.82. The first-order chi connectivity index (χ1) is 13.6. The van der Waals surface area contributed by atoms with Gasteiger partial charge in [0.05, 0.1) is 10.8 Å². The maximum absolute atomic E-state index is 13.0. The molecule has 146 valence electrons. The van der Waals surface area contributed by atoms with Crippen molar-refractivity contribution in [3.05, 3.63) is 69.8 Å². The Hall–Kier alpha value is -2.89. The lowest BCUT2D eigenvalue weighted by Crippen LogP contribution is -2.53. The average Bonchev–Trinajstić information content (AvgIpc) is 2.73. The van der Waals surface area contributed by atoms with Crippen molar-refractivity contribution in [3.63, 3.8) is 0 Å². The van der Waals surface area contributed by atoms with Gasteiger partial charge in [-0.1, -0.05) is 30.3 Å². The van der Waals surface area contributed by atoms with E-state index < -0.39 is 0 Å². The molecule has 2 heterocycles. The molecule has 2 aliphatic rings. The van der Waals surface area contributed by atoms with Crippen molar-refractivity contribution < 1.29 is 9.72 Å². The Morgan fingerprint density at radius 2 is 2.00 bits per heavy atom. The van der Waals surface area contributed by atoms with Crippen molar-refractivity contribution in [1.29, 1.82) is 0 Å². The summed E-state index contributed by atoms with van der Waals surface area (Å²) in [5.74, 6) is -0.101. The summed E-state index contributed by atoms with van der Waals surface area (Å²) in [5.41, 5.74) is 3.27. The van der Waals surface area contributed by atoms with Crippen molar-refractivity contribution in [3.8, 4) is 0 Å². The summed E-state index contributed by atoms with van der Waals surface area (Å²) in [5, 5.41) is 14.3. The number of carbonyl (C=O) groups excluding carboxylic acids is 1. The maximum Gasteiger partial charge on any atom is 0.269 e. The van der Waals surface area contributed by atoms with E-state index >= 15 is 0 Å². The van der Waals surface area contributed by atoms with Crippen LogP contribution in [0.4, 0.5) is 11.4 Å². The number of hydrogen-bond acceptors (Lipinski definition) is 4. The highest BCUT2D eigenvalue weighted by Crippen LogP contribution is 2.39. The molecule has 0 radical (unpaired) electrons. The third-order valence-electron chi connectivity index (χ3n) is 5.93. The summed E-state index contributed by atoms with van der Waals surface area (Å²) in [6.07, 6.45) is 4.57. The van der Waals surface area contributed by atoms with Crippen LogP contribution < -0.4 is 10.2 Å². The third kappa shape index (κ3) is 3.72. The Morgan fingerprint density at radius 1 is 1.18 bits per heavy atom. The number of nitro benzene ring substituents is 1. The molecule has 0 bridgehead atoms. The van der Waals surface area contributed by atoms with Gasteiger partial charge in [-0.2, -0.15) is 0 Å². The van der Waals surface area contributed by atoms with Gasteiger partial charge in [0.15, 0.2) is 0 Å². The number of non-ortho nitro benzene ring substituents is 1. The second kappa shape index (κ2) is 8.00. The second-order valence-electron chi connectivity index (χ2n) is 7.66. The lowest BCUT2D eigenvalue weighted by atomic mass is 9.80. The Morgan fingerprint density at radius 3 is 2.79 bits per heavy atom. The zero-order chi connectivity index (χ0) is 19.5. The zero-order valence-electron chi connectivity index (χ0n) is 15.8. The normalized spacial score (nSPS) is 20.8. The first-order valence-corrected chi connectivity index (χ1v) is 9.99. The number of carbonyl (C=O) groups is 1. The zero-order valence-corrected chi connectivity index (χ0v) is 15.8. The smallest absolute Gasteiger partial charge is 0.269 e. The number of amides is 1. The molecule has 6 heteroatoms. The molecule has 6 nitrogen and oxygen atoms in total. The molecule has 1 saturated heterocycles. The van der Waals surface area contributed by atoms with Gasteiger partial charge in [0.25, 0.3) is 5.69 Å². The molecule has 0 unspecified atom stereocenters. The summed E-state index contributed by atoms with van der Waals surface area (Å²) < 4.78 is 0. The molecule has 0 saturated carbocycles. The number of piperidine rings is 1. The summed E-state index contributed by atoms with van der Waals surface area (Å²) in [4.78, 5) is 26.1. The van der Waals surface area contributed by atoms with E-state index in [2.05, 4.69) is 22.3 Å². The van der Waals surface area contributed by atoms with Crippen LogP contribution >= 0.6 is 0 Å². The number of nitro groups is 1. The molecule has 2 aromatic carbocycles. The first kappa shape index (κ1) is 18.5. The van der Waals surface area contributed by atoms with E-state index in [9.17, 15) is 14.9 Å². The Kier molecular flexibility index (Phi) is 5.28. The first-order valence-electron chi connectivity index (χ1n) is 9.99. The van der Waals surface area contributed by atoms with Gasteiger partial charge in [-0.25, -0.2) is 0 Å². The summed E-state index contributed by atoms with van der Waals surface area (Å²) >= 11 is 0. The molecule has 0 aromatic heterocycles. The molecule has 1 amide bonds. The number of rotatable bonds is 5. The molecule has 0 aliphatic carbocycles. The van der Waals surface area contributed by atoms with Crippen molar-refractivity contribution in [1.82, 2.24) is 5.32 Å². The fourth-order valence-corrected chi connectivity index (χ4v) is 4.55. The summed E-state index contributed by atoms with van der Waals surface area (Å²) in [7, 11) is 0. The van der Waals surface area contributed by atoms with Crippen molar-refractivity contribution >= 4 is 17.3 Å². The van der Waals surface area contributed by atoms with Gasteiger partial charge in [0.1, 0.15) is 0 Å². The number of anilines is 1. The topological polar surface area (TPSA) is 75.5 Å². The van der Waals surface area contributed by atoms with E-state index in [0.717, 1.165) is 43.5 Å². The summed E-state index contributed by atoms with van der Waals surface area (Å²) in [6, 6.07) is 15.4. The van der Waals surface area contributed by atoms with Crippen LogP contribution in [-0.2, 0) is 17.6 Å². The molecular formula is C22H25N3O3. The number of fused-ring (bicyclic) bond motifs is 3. The number of nitrogens with zero attached hydrogens (tertiary/aromatic N) is 2. The average molecular weight is 379 g/mol. The van der Waals surface area contributed by atoms with Crippen LogP contribution in [0.3, 0.4) is 0 Å². The Balaban J connectivity index is 1.50. The molecule has 1 fully saturated rings. The van der Waals surface area contributed by atoms with E-state index in [-0.39, 0.29) is 28.5 Å². The van der Waals surface area contributed by atoms with Gasteiger partial charge >= 0.3 is 0 Å². The molecule has 1 N–H and O–H groups in total. The highest BCUT2D eigenvalue weighted by atomic mass is 16.6. The third-order valence-corrected chi connectivity index (χ3v) is 5.93. The van der Waals surface area contributed by atoms with Gasteiger partial charge in [-0.3, -0.25) is 14.9 Å². The Bertz CT molecular complexity index is 869. The molecule has 2 atom stereocenters. The highest BCUT2D eigenvalue weighted by Gasteiger charge is 2.39. The quantitative estimate of drug-likeness (QED) is 0.637. The molecule has 4 rings (SSSR count). The Labute approximate surface area is 164 Å². The fraction of sp³-hybridized carbons (Fsp3) is 0.409. The minimum atomic E-state index is -0.364. The minimum absolute atomic E-state index is 0.0602. The molecule has 28 heavy (non-hydrogen) atoms. The summed E-state index contributed by atoms with van der Waals surface area (Å²) in [6.45, 7) is 1.51. The van der Waals surface area contributed by atoms with Crippen LogP contribution in [0.2, 0.25) is 0 Å². The molecule has 0 spiro atoms. The standard InChI is InChI=1S/C22H25N3O3/c26-22(23-12-11-16-6-2-1-3-7-16)19-15-17-14-18(25(27)28)9-10-20(17)24-13-5-4-8-21(19)24/h1-3,6-7,9-10,14,19,21H,4-5,8,11-13,15H2,(H,23,26)/t19-,21+/m0/s1. The molecular weight excluding hydrogens is 354 g/mol. The second-order valence-corrected chi connectivity index (χ2v) is 7.66. The van der Waals surface area contributed by atoms with Gasteiger partial charge in [-0.05, 0) is 49.3 Å². The predicted molar refractivity (Wildman–Crippen MR) is 108 cm³/mol. The maximum atomic E-state index is 13.0. The van der Waals surface area contributed by atoms with E-state index in [1.165, 1.54) is 5.56 Å². The minimum Gasteiger partial charge on any atom is -0.368 e. The molecule has 2 aliphatic heterocycles. The van der Waals surface area contributed by atoms with Crippen molar-refractivity contribution in [2.45, 2.75) is 38.1 Å². The van der Waals surface area contributed by atoms with Crippen LogP contribution in [0.5, 0.6) is 0 Å². The van der Waals surface area contributed by atoms with Crippen molar-refractivity contribution in [2.75, 3.05) is 18.0 Å². The number of nitrogens with one attached hydrogen (secondary N) is 1. The van der Waals surface area contributed by atoms with Gasteiger partial charge in [-0.15, -0.1) is 0 Å². The molecule has 2 aromatic rings. The van der Waals surface area contributed by atoms with Crippen molar-refractivity contribution in [2.24, 2.45) is 5.92 Å². The van der Waals surface area contributed by atoms with Gasteiger partial charge in [0.2, 0.25) is 5.91 Å². The van der Waals surface area contributed by atoms with E-state index in [4.69, 9.17) is 0 Å². The fourth-order valence-electron chi connectivity index (χ4n) is 4.55. The van der Waals surface area contributed by atoms with Gasteiger partial charge in [0, 0.05) is 37.0 Å². The lowest BCUT2D eigenvalue weighted by Gasteiger charge is -2.45. The number of hydrogen-bond donors (Lipinski definition) is 1.